The predicted octanol–water partition coefficient (Wildman–Crippen LogP) is 2.78. The molecule has 0 amide bonds. The Morgan fingerprint density at radius 3 is 2.21 bits per heavy atom. The van der Waals surface area contributed by atoms with Crippen molar-refractivity contribution in [3.8, 4) is 0 Å². The number of rotatable bonds is 6. The maximum Gasteiger partial charge on any atom is 0.336 e. The monoisotopic (exact) mass is 198 g/mol. The third-order valence-corrected chi connectivity index (χ3v) is 1.44. The fraction of sp³-hybridized carbons (Fsp3) is 0.545. The second-order valence-corrected chi connectivity index (χ2v) is 3.22. The van der Waals surface area contributed by atoms with Crippen molar-refractivity contribution in [1.82, 2.24) is 0 Å². The van der Waals surface area contributed by atoms with Crippen LogP contribution in [0.15, 0.2) is 24.5 Å². The van der Waals surface area contributed by atoms with Crippen LogP contribution < -0.4 is 0 Å². The predicted molar refractivity (Wildman–Crippen MR) is 55.5 cm³/mol. The summed E-state index contributed by atoms with van der Waals surface area (Å²) in [6, 6.07) is 0. The van der Waals surface area contributed by atoms with Crippen LogP contribution in [0.1, 0.15) is 33.6 Å². The second kappa shape index (κ2) is 6.24. The van der Waals surface area contributed by atoms with Gasteiger partial charge in [-0.1, -0.05) is 20.1 Å². The third kappa shape index (κ3) is 5.41. The summed E-state index contributed by atoms with van der Waals surface area (Å²) >= 11 is 0. The number of hydrogen-bond donors (Lipinski definition) is 0. The summed E-state index contributed by atoms with van der Waals surface area (Å²) < 4.78 is 10.3. The zero-order valence-corrected chi connectivity index (χ0v) is 9.13. The van der Waals surface area contributed by atoms with Gasteiger partial charge in [-0.25, -0.2) is 4.79 Å². The van der Waals surface area contributed by atoms with Gasteiger partial charge < -0.3 is 9.47 Å². The zero-order valence-electron chi connectivity index (χ0n) is 9.13. The van der Waals surface area contributed by atoms with Crippen LogP contribution in [0.3, 0.4) is 0 Å². The highest BCUT2D eigenvalue weighted by molar-refractivity contribution is 5.87. The Morgan fingerprint density at radius 1 is 1.29 bits per heavy atom. The first-order chi connectivity index (χ1) is 6.47. The van der Waals surface area contributed by atoms with E-state index in [1.807, 2.05) is 6.92 Å². The average molecular weight is 198 g/mol. The van der Waals surface area contributed by atoms with Gasteiger partial charge in [0.15, 0.2) is 0 Å². The van der Waals surface area contributed by atoms with E-state index in [2.05, 4.69) is 13.2 Å². The van der Waals surface area contributed by atoms with Gasteiger partial charge in [-0.05, 0) is 20.3 Å². The van der Waals surface area contributed by atoms with Crippen LogP contribution in [0, 0.1) is 0 Å². The van der Waals surface area contributed by atoms with Gasteiger partial charge in [0.1, 0.15) is 0 Å². The molecule has 14 heavy (non-hydrogen) atoms. The molecule has 3 nitrogen and oxygen atoms in total. The van der Waals surface area contributed by atoms with Crippen LogP contribution in [0.4, 0.5) is 0 Å². The van der Waals surface area contributed by atoms with Crippen LogP contribution in [0.2, 0.25) is 0 Å². The fourth-order valence-electron chi connectivity index (χ4n) is 0.822. The van der Waals surface area contributed by atoms with Gasteiger partial charge >= 0.3 is 5.97 Å². The van der Waals surface area contributed by atoms with E-state index in [4.69, 9.17) is 9.47 Å². The molecule has 0 aliphatic carbocycles. The summed E-state index contributed by atoms with van der Waals surface area (Å²) in [7, 11) is 0. The van der Waals surface area contributed by atoms with Crippen LogP contribution >= 0.6 is 0 Å². The molecule has 0 aromatic carbocycles. The molecule has 0 aromatic rings. The van der Waals surface area contributed by atoms with Crippen LogP contribution in [-0.4, -0.2) is 12.3 Å². The third-order valence-electron chi connectivity index (χ3n) is 1.44. The van der Waals surface area contributed by atoms with Crippen molar-refractivity contribution in [2.45, 2.75) is 39.9 Å². The first kappa shape index (κ1) is 12.8. The molecule has 0 aromatic heterocycles. The Bertz CT molecular complexity index is 231. The van der Waals surface area contributed by atoms with E-state index in [9.17, 15) is 4.79 Å². The van der Waals surface area contributed by atoms with Crippen molar-refractivity contribution in [3.63, 3.8) is 0 Å². The van der Waals surface area contributed by atoms with Crippen molar-refractivity contribution in [2.75, 3.05) is 0 Å². The lowest BCUT2D eigenvalue weighted by Crippen LogP contribution is -2.20. The smallest absolute Gasteiger partial charge is 0.336 e. The molecule has 80 valence electrons. The minimum Gasteiger partial charge on any atom is -0.460 e. The quantitative estimate of drug-likeness (QED) is 0.285. The molecule has 1 atom stereocenters. The lowest BCUT2D eigenvalue weighted by molar-refractivity contribution is -0.167. The molecule has 0 spiro atoms. The van der Waals surface area contributed by atoms with Gasteiger partial charge in [0, 0.05) is 12.0 Å². The van der Waals surface area contributed by atoms with Crippen molar-refractivity contribution in [1.29, 1.82) is 0 Å². The Hall–Kier alpha value is -1.25. The van der Waals surface area contributed by atoms with Crippen LogP contribution in [0.25, 0.3) is 0 Å². The van der Waals surface area contributed by atoms with Crippen LogP contribution in [0.5, 0.6) is 0 Å². The summed E-state index contributed by atoms with van der Waals surface area (Å²) in [5.41, 5.74) is 0.372. The normalized spacial score (nSPS) is 11.6. The minimum absolute atomic E-state index is 0.372. The van der Waals surface area contributed by atoms with Gasteiger partial charge in [0.2, 0.25) is 6.29 Å². The van der Waals surface area contributed by atoms with E-state index >= 15 is 0 Å². The Labute approximate surface area is 85.4 Å². The van der Waals surface area contributed by atoms with Crippen molar-refractivity contribution >= 4 is 5.97 Å². The Balaban J connectivity index is 4.14. The van der Waals surface area contributed by atoms with Gasteiger partial charge in [0.25, 0.3) is 0 Å². The molecule has 0 radical (unpaired) electrons. The Kier molecular flexibility index (Phi) is 5.68. The number of allylic oxidation sites excluding steroid dienone is 1. The maximum atomic E-state index is 11.2. The highest BCUT2D eigenvalue weighted by Gasteiger charge is 2.14. The summed E-state index contributed by atoms with van der Waals surface area (Å²) in [5, 5.41) is 0. The van der Waals surface area contributed by atoms with E-state index < -0.39 is 12.3 Å². The molecule has 0 bridgehead atoms. The standard InChI is InChI=1S/C11H18O3/c1-6-7-10(13-9(4)5)14-11(12)8(2)3/h10H,2,4,6-7H2,1,3,5H3. The van der Waals surface area contributed by atoms with Crippen LogP contribution in [-0.2, 0) is 14.3 Å². The second-order valence-electron chi connectivity index (χ2n) is 3.22. The number of carbonyl (C=O) groups excluding carboxylic acids is 1. The number of esters is 1. The Morgan fingerprint density at radius 2 is 1.86 bits per heavy atom. The van der Waals surface area contributed by atoms with E-state index in [0.717, 1.165) is 6.42 Å². The fourth-order valence-corrected chi connectivity index (χ4v) is 0.822. The minimum atomic E-state index is -0.540. The molecule has 0 N–H and O–H groups in total. The number of carbonyl (C=O) groups is 1. The molecule has 0 fully saturated rings. The molecule has 0 rings (SSSR count). The largest absolute Gasteiger partial charge is 0.460 e. The van der Waals surface area contributed by atoms with Gasteiger partial charge in [-0.3, -0.25) is 0 Å². The first-order valence-electron chi connectivity index (χ1n) is 4.66. The van der Waals surface area contributed by atoms with Crippen molar-refractivity contribution < 1.29 is 14.3 Å². The zero-order chi connectivity index (χ0) is 11.1. The lowest BCUT2D eigenvalue weighted by Gasteiger charge is -2.18. The average Bonchev–Trinajstić information content (AvgIpc) is 2.02. The summed E-state index contributed by atoms with van der Waals surface area (Å²) in [4.78, 5) is 11.2. The summed E-state index contributed by atoms with van der Waals surface area (Å²) in [6.07, 6.45) is 0.995. The highest BCUT2D eigenvalue weighted by Crippen LogP contribution is 2.10. The highest BCUT2D eigenvalue weighted by atomic mass is 16.7. The van der Waals surface area contributed by atoms with E-state index in [1.165, 1.54) is 0 Å². The first-order valence-corrected chi connectivity index (χ1v) is 4.66. The van der Waals surface area contributed by atoms with Crippen molar-refractivity contribution in [3.05, 3.63) is 24.5 Å². The van der Waals surface area contributed by atoms with Gasteiger partial charge in [-0.2, -0.15) is 0 Å². The molecule has 0 saturated carbocycles. The molecule has 0 aliphatic rings. The lowest BCUT2D eigenvalue weighted by atomic mass is 10.3. The molecule has 1 unspecified atom stereocenters. The van der Waals surface area contributed by atoms with Crippen molar-refractivity contribution in [2.24, 2.45) is 0 Å². The molecule has 0 aliphatic heterocycles. The summed E-state index contributed by atoms with van der Waals surface area (Å²) in [6.45, 7) is 12.4. The van der Waals surface area contributed by atoms with E-state index in [-0.39, 0.29) is 0 Å². The molecule has 3 heteroatoms. The number of ether oxygens (including phenoxy) is 2. The molecule has 0 heterocycles. The van der Waals surface area contributed by atoms with Gasteiger partial charge in [0.05, 0.1) is 5.76 Å². The maximum absolute atomic E-state index is 11.2. The SMILES string of the molecule is C=C(C)OC(CCC)OC(=O)C(=C)C. The molecule has 0 saturated heterocycles. The van der Waals surface area contributed by atoms with E-state index in [0.29, 0.717) is 17.8 Å². The molecular weight excluding hydrogens is 180 g/mol. The van der Waals surface area contributed by atoms with Gasteiger partial charge in [-0.15, -0.1) is 0 Å². The topological polar surface area (TPSA) is 35.5 Å². The van der Waals surface area contributed by atoms with E-state index in [1.54, 1.807) is 13.8 Å². The summed E-state index contributed by atoms with van der Waals surface area (Å²) in [5.74, 6) is 0.114. The molecular formula is C11H18O3. The number of hydrogen-bond acceptors (Lipinski definition) is 3.